The second-order valence-electron chi connectivity index (χ2n) is 6.11. The van der Waals surface area contributed by atoms with E-state index in [1.807, 2.05) is 39.8 Å². The molecule has 0 heterocycles. The van der Waals surface area contributed by atoms with E-state index in [1.54, 1.807) is 19.1 Å². The molecule has 124 valence electrons. The van der Waals surface area contributed by atoms with E-state index in [1.165, 1.54) is 0 Å². The summed E-state index contributed by atoms with van der Waals surface area (Å²) < 4.78 is 25.4. The molecule has 1 rings (SSSR count). The number of hydrogen-bond donors (Lipinski definition) is 1. The van der Waals surface area contributed by atoms with Gasteiger partial charge in [-0.25, -0.2) is 8.42 Å². The molecule has 0 saturated heterocycles. The van der Waals surface area contributed by atoms with Crippen LogP contribution in [-0.4, -0.2) is 32.7 Å². The molecule has 0 radical (unpaired) electrons. The number of nitrogens with zero attached hydrogens (tertiary/aromatic N) is 1. The van der Waals surface area contributed by atoms with Crippen molar-refractivity contribution in [2.45, 2.75) is 46.7 Å². The fourth-order valence-electron chi connectivity index (χ4n) is 2.01. The number of nitrogens with one attached hydrogen (secondary N) is 1. The van der Waals surface area contributed by atoms with Gasteiger partial charge in [0.05, 0.1) is 11.9 Å². The number of hydrogen-bond acceptors (Lipinski definition) is 3. The molecule has 0 aliphatic rings. The predicted octanol–water partition coefficient (Wildman–Crippen LogP) is 2.31. The lowest BCUT2D eigenvalue weighted by Gasteiger charge is -2.30. The summed E-state index contributed by atoms with van der Waals surface area (Å²) in [5.41, 5.74) is 1.52. The van der Waals surface area contributed by atoms with Crippen molar-refractivity contribution >= 4 is 21.6 Å². The zero-order valence-corrected chi connectivity index (χ0v) is 14.9. The topological polar surface area (TPSA) is 66.5 Å². The standard InChI is InChI=1S/C16H26N2O3S/c1-11(2)13(4)17-16(19)14(5)18(22(6,20)21)15-9-7-12(3)8-10-15/h7-11,13-14H,1-6H3,(H,17,19)/t13-,14-/m0/s1. The maximum Gasteiger partial charge on any atom is 0.243 e. The Kier molecular flexibility index (Phi) is 6.00. The van der Waals surface area contributed by atoms with E-state index in [0.717, 1.165) is 16.1 Å². The lowest BCUT2D eigenvalue weighted by molar-refractivity contribution is -0.122. The van der Waals surface area contributed by atoms with Crippen LogP contribution in [0.2, 0.25) is 0 Å². The summed E-state index contributed by atoms with van der Waals surface area (Å²) in [5, 5.41) is 2.87. The van der Waals surface area contributed by atoms with Crippen molar-refractivity contribution in [2.75, 3.05) is 10.6 Å². The summed E-state index contributed by atoms with van der Waals surface area (Å²) in [6.07, 6.45) is 1.11. The first kappa shape index (κ1) is 18.5. The van der Waals surface area contributed by atoms with E-state index in [0.29, 0.717) is 5.69 Å². The van der Waals surface area contributed by atoms with Crippen molar-refractivity contribution in [3.05, 3.63) is 29.8 Å². The summed E-state index contributed by atoms with van der Waals surface area (Å²) in [6, 6.07) is 6.26. The summed E-state index contributed by atoms with van der Waals surface area (Å²) in [6.45, 7) is 9.44. The highest BCUT2D eigenvalue weighted by Gasteiger charge is 2.29. The molecule has 0 aromatic heterocycles. The Bertz CT molecular complexity index is 609. The van der Waals surface area contributed by atoms with Crippen LogP contribution in [0.25, 0.3) is 0 Å². The third kappa shape index (κ3) is 4.73. The molecule has 1 amide bonds. The van der Waals surface area contributed by atoms with Gasteiger partial charge in [-0.1, -0.05) is 31.5 Å². The molecule has 1 aromatic carbocycles. The first-order valence-electron chi connectivity index (χ1n) is 7.40. The number of aryl methyl sites for hydroxylation is 1. The van der Waals surface area contributed by atoms with Gasteiger partial charge in [-0.05, 0) is 38.8 Å². The van der Waals surface area contributed by atoms with Gasteiger partial charge in [0.25, 0.3) is 0 Å². The number of carbonyl (C=O) groups is 1. The molecular formula is C16H26N2O3S. The average Bonchev–Trinajstić information content (AvgIpc) is 2.39. The van der Waals surface area contributed by atoms with Gasteiger partial charge in [0.15, 0.2) is 0 Å². The Morgan fingerprint density at radius 1 is 1.09 bits per heavy atom. The molecule has 22 heavy (non-hydrogen) atoms. The minimum absolute atomic E-state index is 0.0191. The molecule has 6 heteroatoms. The highest BCUT2D eigenvalue weighted by atomic mass is 32.2. The van der Waals surface area contributed by atoms with Crippen LogP contribution >= 0.6 is 0 Å². The first-order valence-corrected chi connectivity index (χ1v) is 9.25. The quantitative estimate of drug-likeness (QED) is 0.872. The predicted molar refractivity (Wildman–Crippen MR) is 90.4 cm³/mol. The minimum Gasteiger partial charge on any atom is -0.352 e. The second kappa shape index (κ2) is 7.13. The number of benzene rings is 1. The molecule has 5 nitrogen and oxygen atoms in total. The van der Waals surface area contributed by atoms with Gasteiger partial charge in [0, 0.05) is 6.04 Å². The van der Waals surface area contributed by atoms with Crippen molar-refractivity contribution < 1.29 is 13.2 Å². The average molecular weight is 326 g/mol. The number of sulfonamides is 1. The van der Waals surface area contributed by atoms with E-state index in [4.69, 9.17) is 0 Å². The molecule has 0 aliphatic heterocycles. The maximum absolute atomic E-state index is 12.4. The second-order valence-corrected chi connectivity index (χ2v) is 7.97. The summed E-state index contributed by atoms with van der Waals surface area (Å²) in [5.74, 6) is -0.0191. The van der Waals surface area contributed by atoms with Gasteiger partial charge in [0.1, 0.15) is 6.04 Å². The minimum atomic E-state index is -3.56. The Morgan fingerprint density at radius 3 is 2.00 bits per heavy atom. The largest absolute Gasteiger partial charge is 0.352 e. The summed E-state index contributed by atoms with van der Waals surface area (Å²) in [4.78, 5) is 12.4. The maximum atomic E-state index is 12.4. The van der Waals surface area contributed by atoms with Crippen LogP contribution < -0.4 is 9.62 Å². The van der Waals surface area contributed by atoms with Crippen LogP contribution in [0.5, 0.6) is 0 Å². The van der Waals surface area contributed by atoms with Crippen LogP contribution in [0.15, 0.2) is 24.3 Å². The molecule has 0 aliphatic carbocycles. The fourth-order valence-corrected chi connectivity index (χ4v) is 3.19. The van der Waals surface area contributed by atoms with Crippen molar-refractivity contribution in [2.24, 2.45) is 5.92 Å². The molecular weight excluding hydrogens is 300 g/mol. The Balaban J connectivity index is 3.08. The van der Waals surface area contributed by atoms with Gasteiger partial charge in [0.2, 0.25) is 15.9 Å². The van der Waals surface area contributed by atoms with Crippen LogP contribution in [0.3, 0.4) is 0 Å². The van der Waals surface area contributed by atoms with E-state index in [-0.39, 0.29) is 17.9 Å². The van der Waals surface area contributed by atoms with Gasteiger partial charge in [-0.3, -0.25) is 9.10 Å². The van der Waals surface area contributed by atoms with Crippen LogP contribution in [-0.2, 0) is 14.8 Å². The van der Waals surface area contributed by atoms with E-state index in [2.05, 4.69) is 5.32 Å². The van der Waals surface area contributed by atoms with Gasteiger partial charge in [-0.15, -0.1) is 0 Å². The molecule has 0 fully saturated rings. The van der Waals surface area contributed by atoms with E-state index >= 15 is 0 Å². The lowest BCUT2D eigenvalue weighted by Crippen LogP contribution is -2.50. The first-order chi connectivity index (χ1) is 10.0. The molecule has 1 aromatic rings. The molecule has 0 bridgehead atoms. The van der Waals surface area contributed by atoms with Crippen LogP contribution in [0.1, 0.15) is 33.3 Å². The van der Waals surface area contributed by atoms with E-state index in [9.17, 15) is 13.2 Å². The van der Waals surface area contributed by atoms with Gasteiger partial charge >= 0.3 is 0 Å². The lowest BCUT2D eigenvalue weighted by atomic mass is 10.1. The molecule has 2 atom stereocenters. The van der Waals surface area contributed by atoms with E-state index < -0.39 is 16.1 Å². The van der Waals surface area contributed by atoms with Crippen molar-refractivity contribution in [3.8, 4) is 0 Å². The highest BCUT2D eigenvalue weighted by molar-refractivity contribution is 7.92. The SMILES string of the molecule is Cc1ccc(N([C@@H](C)C(=O)N[C@@H](C)C(C)C)S(C)(=O)=O)cc1. The molecule has 0 spiro atoms. The molecule has 1 N–H and O–H groups in total. The third-order valence-electron chi connectivity index (χ3n) is 3.75. The summed E-state index contributed by atoms with van der Waals surface area (Å²) in [7, 11) is -3.56. The Labute approximate surface area is 133 Å². The van der Waals surface area contributed by atoms with Gasteiger partial charge < -0.3 is 5.32 Å². The zero-order chi connectivity index (χ0) is 17.1. The highest BCUT2D eigenvalue weighted by Crippen LogP contribution is 2.21. The molecule has 0 unspecified atom stereocenters. The smallest absolute Gasteiger partial charge is 0.243 e. The van der Waals surface area contributed by atoms with Crippen molar-refractivity contribution in [1.82, 2.24) is 5.32 Å². The van der Waals surface area contributed by atoms with Gasteiger partial charge in [-0.2, -0.15) is 0 Å². The van der Waals surface area contributed by atoms with Crippen LogP contribution in [0, 0.1) is 12.8 Å². The van der Waals surface area contributed by atoms with Crippen molar-refractivity contribution in [1.29, 1.82) is 0 Å². The number of rotatable bonds is 6. The number of carbonyl (C=O) groups excluding carboxylic acids is 1. The molecule has 0 saturated carbocycles. The monoisotopic (exact) mass is 326 g/mol. The van der Waals surface area contributed by atoms with Crippen LogP contribution in [0.4, 0.5) is 5.69 Å². The van der Waals surface area contributed by atoms with Crippen molar-refractivity contribution in [3.63, 3.8) is 0 Å². The number of anilines is 1. The third-order valence-corrected chi connectivity index (χ3v) is 4.99. The number of amides is 1. The summed E-state index contributed by atoms with van der Waals surface area (Å²) >= 11 is 0. The Hall–Kier alpha value is -1.56. The fraction of sp³-hybridized carbons (Fsp3) is 0.562. The Morgan fingerprint density at radius 2 is 1.59 bits per heavy atom. The zero-order valence-electron chi connectivity index (χ0n) is 14.1. The normalized spacial score (nSPS) is 14.5.